The highest BCUT2D eigenvalue weighted by Gasteiger charge is 2.31. The molecule has 0 radical (unpaired) electrons. The zero-order valence-electron chi connectivity index (χ0n) is 16.1. The number of carbonyl (C=O) groups excluding carboxylic acids is 3. The third-order valence-corrected chi connectivity index (χ3v) is 3.96. The Balaban J connectivity index is 2.86. The van der Waals surface area contributed by atoms with Crippen LogP contribution in [0.25, 0.3) is 0 Å². The van der Waals surface area contributed by atoms with E-state index in [0.29, 0.717) is 0 Å². The van der Waals surface area contributed by atoms with Crippen LogP contribution < -0.4 is 10.6 Å². The number of amides is 2. The first-order valence-electron chi connectivity index (χ1n) is 8.83. The van der Waals surface area contributed by atoms with Gasteiger partial charge in [0.1, 0.15) is 25.3 Å². The molecule has 0 aromatic heterocycles. The number of ether oxygens (including phenoxy) is 2. The Bertz CT molecular complexity index is 725. The number of alkyl carbamates (subject to hydrolysis) is 1. The van der Waals surface area contributed by atoms with Crippen molar-refractivity contribution in [2.24, 2.45) is 0 Å². The Morgan fingerprint density at radius 2 is 1.80 bits per heavy atom. The summed E-state index contributed by atoms with van der Waals surface area (Å²) in [5.41, 5.74) is 0.766. The highest BCUT2D eigenvalue weighted by atomic mass is 35.6. The predicted octanol–water partition coefficient (Wildman–Crippen LogP) is 2.29. The van der Waals surface area contributed by atoms with Gasteiger partial charge in [0.15, 0.2) is 0 Å². The third-order valence-electron chi connectivity index (χ3n) is 3.63. The van der Waals surface area contributed by atoms with Crippen molar-refractivity contribution in [3.05, 3.63) is 48.6 Å². The lowest BCUT2D eigenvalue weighted by Gasteiger charge is -2.24. The van der Waals surface area contributed by atoms with Gasteiger partial charge in [-0.05, 0) is 12.5 Å². The maximum absolute atomic E-state index is 12.7. The Morgan fingerprint density at radius 3 is 2.33 bits per heavy atom. The minimum absolute atomic E-state index is 0.0402. The normalized spacial score (nSPS) is 14.0. The lowest BCUT2D eigenvalue weighted by atomic mass is 10.0. The Labute approximate surface area is 189 Å². The van der Waals surface area contributed by atoms with Gasteiger partial charge < -0.3 is 25.2 Å². The molecule has 0 aliphatic rings. The summed E-state index contributed by atoms with van der Waals surface area (Å²) in [6.45, 7) is 4.14. The number of nitrogens with one attached hydrogen (secondary N) is 2. The molecule has 166 valence electrons. The Kier molecular flexibility index (Phi) is 11.0. The van der Waals surface area contributed by atoms with E-state index in [1.54, 1.807) is 24.3 Å². The SMILES string of the molecule is C=CCOC(=O)[C@H](Cc1ccccc1)NC(=O)[C@@H](NC(=O)OCC(Cl)(Cl)Cl)[C@@H](C)O. The molecule has 0 fully saturated rings. The van der Waals surface area contributed by atoms with Crippen molar-refractivity contribution in [3.63, 3.8) is 0 Å². The number of hydrogen-bond donors (Lipinski definition) is 3. The topological polar surface area (TPSA) is 114 Å². The third kappa shape index (κ3) is 10.2. The average molecular weight is 482 g/mol. The Hall–Kier alpha value is -2.00. The van der Waals surface area contributed by atoms with Crippen LogP contribution >= 0.6 is 34.8 Å². The second kappa shape index (κ2) is 12.6. The van der Waals surface area contributed by atoms with Crippen LogP contribution in [0.1, 0.15) is 12.5 Å². The van der Waals surface area contributed by atoms with Gasteiger partial charge in [-0.25, -0.2) is 9.59 Å². The fourth-order valence-corrected chi connectivity index (χ4v) is 2.43. The van der Waals surface area contributed by atoms with Crippen LogP contribution in [0.4, 0.5) is 4.79 Å². The van der Waals surface area contributed by atoms with E-state index in [-0.39, 0.29) is 13.0 Å². The molecule has 1 aromatic rings. The van der Waals surface area contributed by atoms with Gasteiger partial charge in [0.05, 0.1) is 6.10 Å². The summed E-state index contributed by atoms with van der Waals surface area (Å²) in [6.07, 6.45) is -0.879. The van der Waals surface area contributed by atoms with Crippen molar-refractivity contribution in [2.45, 2.75) is 35.3 Å². The van der Waals surface area contributed by atoms with E-state index in [4.69, 9.17) is 44.3 Å². The number of carbonyl (C=O) groups is 3. The summed E-state index contributed by atoms with van der Waals surface area (Å²) in [6, 6.07) is 6.42. The zero-order chi connectivity index (χ0) is 22.7. The van der Waals surface area contributed by atoms with Gasteiger partial charge in [-0.3, -0.25) is 4.79 Å². The molecule has 0 heterocycles. The minimum atomic E-state index is -1.84. The highest BCUT2D eigenvalue weighted by Crippen LogP contribution is 2.25. The molecule has 1 rings (SSSR count). The lowest BCUT2D eigenvalue weighted by molar-refractivity contribution is -0.147. The molecule has 0 saturated carbocycles. The van der Waals surface area contributed by atoms with Crippen LogP contribution in [0.2, 0.25) is 0 Å². The van der Waals surface area contributed by atoms with E-state index in [1.165, 1.54) is 13.0 Å². The largest absolute Gasteiger partial charge is 0.460 e. The molecule has 0 aliphatic carbocycles. The van der Waals surface area contributed by atoms with E-state index in [9.17, 15) is 19.5 Å². The average Bonchev–Trinajstić information content (AvgIpc) is 2.68. The van der Waals surface area contributed by atoms with Crippen molar-refractivity contribution in [2.75, 3.05) is 13.2 Å². The quantitative estimate of drug-likeness (QED) is 0.268. The molecule has 0 aliphatic heterocycles. The lowest BCUT2D eigenvalue weighted by Crippen LogP contribution is -2.56. The number of alkyl halides is 3. The number of esters is 1. The summed E-state index contributed by atoms with van der Waals surface area (Å²) >= 11 is 16.5. The van der Waals surface area contributed by atoms with Crippen LogP contribution in [0.15, 0.2) is 43.0 Å². The van der Waals surface area contributed by atoms with E-state index in [1.807, 2.05) is 6.07 Å². The first kappa shape index (κ1) is 26.0. The number of benzene rings is 1. The summed E-state index contributed by atoms with van der Waals surface area (Å²) in [7, 11) is 0. The van der Waals surface area contributed by atoms with Gasteiger partial charge in [0.25, 0.3) is 0 Å². The number of aliphatic hydroxyl groups is 1. The predicted molar refractivity (Wildman–Crippen MR) is 113 cm³/mol. The van der Waals surface area contributed by atoms with Gasteiger partial charge >= 0.3 is 12.1 Å². The molecule has 30 heavy (non-hydrogen) atoms. The zero-order valence-corrected chi connectivity index (χ0v) is 18.4. The minimum Gasteiger partial charge on any atom is -0.460 e. The van der Waals surface area contributed by atoms with Crippen molar-refractivity contribution in [3.8, 4) is 0 Å². The van der Waals surface area contributed by atoms with Gasteiger partial charge in [-0.2, -0.15) is 0 Å². The molecular weight excluding hydrogens is 459 g/mol. The number of halogens is 3. The first-order chi connectivity index (χ1) is 14.0. The second-order valence-electron chi connectivity index (χ2n) is 6.22. The van der Waals surface area contributed by atoms with Crippen LogP contribution in [0.5, 0.6) is 0 Å². The fourth-order valence-electron chi connectivity index (χ4n) is 2.27. The van der Waals surface area contributed by atoms with Crippen LogP contribution in [0.3, 0.4) is 0 Å². The van der Waals surface area contributed by atoms with Crippen molar-refractivity contribution >= 4 is 52.8 Å². The van der Waals surface area contributed by atoms with Gasteiger partial charge in [-0.1, -0.05) is 77.8 Å². The van der Waals surface area contributed by atoms with Crippen molar-refractivity contribution < 1.29 is 29.0 Å². The molecule has 0 saturated heterocycles. The molecule has 0 bridgehead atoms. The molecule has 0 unspecified atom stereocenters. The Morgan fingerprint density at radius 1 is 1.17 bits per heavy atom. The molecule has 1 aromatic carbocycles. The van der Waals surface area contributed by atoms with Crippen LogP contribution in [0, 0.1) is 0 Å². The summed E-state index contributed by atoms with van der Waals surface area (Å²) in [5.74, 6) is -1.53. The van der Waals surface area contributed by atoms with E-state index < -0.39 is 46.6 Å². The maximum Gasteiger partial charge on any atom is 0.408 e. The summed E-state index contributed by atoms with van der Waals surface area (Å²) in [4.78, 5) is 36.9. The van der Waals surface area contributed by atoms with Gasteiger partial charge in [-0.15, -0.1) is 0 Å². The second-order valence-corrected chi connectivity index (χ2v) is 8.74. The monoisotopic (exact) mass is 480 g/mol. The first-order valence-corrected chi connectivity index (χ1v) is 9.96. The van der Waals surface area contributed by atoms with Crippen LogP contribution in [-0.2, 0) is 25.5 Å². The standard InChI is InChI=1S/C19H23Cl3N2O6/c1-3-9-29-17(27)14(10-13-7-5-4-6-8-13)23-16(26)15(12(2)25)24-18(28)30-11-19(20,21)22/h3-8,12,14-15,25H,1,9-11H2,2H3,(H,23,26)(H,24,28)/t12-,14+,15+/m1/s1. The fraction of sp³-hybridized carbons (Fsp3) is 0.421. The molecular formula is C19H23Cl3N2O6. The van der Waals surface area contributed by atoms with Crippen LogP contribution in [-0.4, -0.2) is 58.3 Å². The highest BCUT2D eigenvalue weighted by molar-refractivity contribution is 6.67. The summed E-state index contributed by atoms with van der Waals surface area (Å²) < 4.78 is 7.89. The van der Waals surface area contributed by atoms with Gasteiger partial charge in [0.2, 0.25) is 9.70 Å². The number of hydrogen-bond acceptors (Lipinski definition) is 6. The molecule has 0 spiro atoms. The smallest absolute Gasteiger partial charge is 0.408 e. The number of rotatable bonds is 10. The van der Waals surface area contributed by atoms with Crippen molar-refractivity contribution in [1.82, 2.24) is 10.6 Å². The maximum atomic E-state index is 12.7. The summed E-state index contributed by atoms with van der Waals surface area (Å²) in [5, 5.41) is 14.6. The van der Waals surface area contributed by atoms with E-state index in [0.717, 1.165) is 5.56 Å². The molecule has 11 heteroatoms. The van der Waals surface area contributed by atoms with E-state index >= 15 is 0 Å². The van der Waals surface area contributed by atoms with Crippen molar-refractivity contribution in [1.29, 1.82) is 0 Å². The molecule has 8 nitrogen and oxygen atoms in total. The van der Waals surface area contributed by atoms with Gasteiger partial charge in [0, 0.05) is 6.42 Å². The molecule has 3 atom stereocenters. The molecule has 3 N–H and O–H groups in total. The molecule has 2 amide bonds. The number of aliphatic hydroxyl groups excluding tert-OH is 1. The van der Waals surface area contributed by atoms with E-state index in [2.05, 4.69) is 17.2 Å².